The molecule has 1 aliphatic heterocycles. The standard InChI is InChI=1S/C15H17ClN2S2/c1-2-12(15-17-6-8-20-15)18-13-5-7-19-14-4-3-10(16)9-11(13)14/h3-4,6,8-9,12-13,18H,2,5,7H2,1H3. The first-order valence-corrected chi connectivity index (χ1v) is 9.10. The minimum Gasteiger partial charge on any atom is -0.301 e. The van der Waals surface area contributed by atoms with Gasteiger partial charge in [0.05, 0.1) is 6.04 Å². The zero-order valence-corrected chi connectivity index (χ0v) is 13.7. The van der Waals surface area contributed by atoms with Gasteiger partial charge < -0.3 is 5.32 Å². The Bertz CT molecular complexity index is 571. The van der Waals surface area contributed by atoms with Gasteiger partial charge in [0.1, 0.15) is 5.01 Å². The summed E-state index contributed by atoms with van der Waals surface area (Å²) in [5, 5.41) is 7.81. The summed E-state index contributed by atoms with van der Waals surface area (Å²) in [7, 11) is 0. The fourth-order valence-corrected chi connectivity index (χ4v) is 4.62. The number of aromatic nitrogens is 1. The van der Waals surface area contributed by atoms with Gasteiger partial charge in [0, 0.05) is 27.5 Å². The Hall–Kier alpha value is -0.550. The number of thiazole rings is 1. The highest BCUT2D eigenvalue weighted by molar-refractivity contribution is 7.99. The number of nitrogens with one attached hydrogen (secondary N) is 1. The van der Waals surface area contributed by atoms with Crippen LogP contribution in [0.15, 0.2) is 34.7 Å². The van der Waals surface area contributed by atoms with Crippen molar-refractivity contribution in [2.75, 3.05) is 5.75 Å². The molecule has 5 heteroatoms. The van der Waals surface area contributed by atoms with Crippen molar-refractivity contribution in [3.8, 4) is 0 Å². The molecule has 2 aromatic rings. The summed E-state index contributed by atoms with van der Waals surface area (Å²) < 4.78 is 0. The predicted octanol–water partition coefficient (Wildman–Crippen LogP) is 5.07. The van der Waals surface area contributed by atoms with Gasteiger partial charge in [-0.1, -0.05) is 18.5 Å². The number of hydrogen-bond donors (Lipinski definition) is 1. The van der Waals surface area contributed by atoms with Crippen LogP contribution in [0.4, 0.5) is 0 Å². The second kappa shape index (κ2) is 6.48. The van der Waals surface area contributed by atoms with Gasteiger partial charge in [0.15, 0.2) is 0 Å². The highest BCUT2D eigenvalue weighted by Gasteiger charge is 2.24. The van der Waals surface area contributed by atoms with Gasteiger partial charge in [0.2, 0.25) is 0 Å². The Kier molecular flexibility index (Phi) is 4.66. The van der Waals surface area contributed by atoms with Gasteiger partial charge in [-0.25, -0.2) is 4.98 Å². The van der Waals surface area contributed by atoms with Gasteiger partial charge in [-0.2, -0.15) is 0 Å². The number of thioether (sulfide) groups is 1. The number of rotatable bonds is 4. The van der Waals surface area contributed by atoms with E-state index in [0.717, 1.165) is 23.6 Å². The van der Waals surface area contributed by atoms with Crippen LogP contribution in [-0.4, -0.2) is 10.7 Å². The summed E-state index contributed by atoms with van der Waals surface area (Å²) in [5.41, 5.74) is 1.34. The van der Waals surface area contributed by atoms with E-state index in [2.05, 4.69) is 29.4 Å². The molecule has 2 unspecified atom stereocenters. The largest absolute Gasteiger partial charge is 0.301 e. The summed E-state index contributed by atoms with van der Waals surface area (Å²) in [4.78, 5) is 5.81. The highest BCUT2D eigenvalue weighted by Crippen LogP contribution is 2.39. The molecule has 2 atom stereocenters. The molecule has 0 fully saturated rings. The minimum atomic E-state index is 0.329. The molecule has 1 N–H and O–H groups in total. The average Bonchev–Trinajstić information content (AvgIpc) is 2.99. The van der Waals surface area contributed by atoms with Gasteiger partial charge in [0.25, 0.3) is 0 Å². The fraction of sp³-hybridized carbons (Fsp3) is 0.400. The second-order valence-electron chi connectivity index (χ2n) is 4.87. The molecule has 2 heterocycles. The Balaban J connectivity index is 1.83. The van der Waals surface area contributed by atoms with Crippen molar-refractivity contribution < 1.29 is 0 Å². The first kappa shape index (κ1) is 14.4. The summed E-state index contributed by atoms with van der Waals surface area (Å²) >= 11 is 9.81. The number of nitrogens with zero attached hydrogens (tertiary/aromatic N) is 1. The van der Waals surface area contributed by atoms with Gasteiger partial charge in [-0.3, -0.25) is 0 Å². The molecule has 0 spiro atoms. The van der Waals surface area contributed by atoms with Crippen LogP contribution in [0.1, 0.15) is 42.4 Å². The van der Waals surface area contributed by atoms with E-state index in [1.807, 2.05) is 29.4 Å². The molecular formula is C15H17ClN2S2. The van der Waals surface area contributed by atoms with Crippen LogP contribution in [0.2, 0.25) is 5.02 Å². The van der Waals surface area contributed by atoms with E-state index >= 15 is 0 Å². The van der Waals surface area contributed by atoms with Crippen molar-refractivity contribution in [3.05, 3.63) is 45.4 Å². The third-order valence-electron chi connectivity index (χ3n) is 3.57. The van der Waals surface area contributed by atoms with Crippen LogP contribution >= 0.6 is 34.7 Å². The fourth-order valence-electron chi connectivity index (χ4n) is 2.55. The Morgan fingerprint density at radius 1 is 1.50 bits per heavy atom. The van der Waals surface area contributed by atoms with E-state index < -0.39 is 0 Å². The van der Waals surface area contributed by atoms with Gasteiger partial charge in [-0.05, 0) is 42.4 Å². The molecule has 20 heavy (non-hydrogen) atoms. The third-order valence-corrected chi connectivity index (χ3v) is 5.82. The zero-order chi connectivity index (χ0) is 13.9. The normalized spacial score (nSPS) is 19.6. The van der Waals surface area contributed by atoms with Crippen LogP contribution in [-0.2, 0) is 0 Å². The van der Waals surface area contributed by atoms with Crippen molar-refractivity contribution in [3.63, 3.8) is 0 Å². The minimum absolute atomic E-state index is 0.329. The van der Waals surface area contributed by atoms with E-state index in [1.54, 1.807) is 11.3 Å². The van der Waals surface area contributed by atoms with Gasteiger partial charge in [-0.15, -0.1) is 23.1 Å². The molecule has 1 aromatic carbocycles. The first-order chi connectivity index (χ1) is 9.78. The SMILES string of the molecule is CCC(NC1CCSc2ccc(Cl)cc21)c1nccs1. The second-order valence-corrected chi connectivity index (χ2v) is 7.37. The molecule has 3 rings (SSSR count). The Morgan fingerprint density at radius 2 is 2.40 bits per heavy atom. The van der Waals surface area contributed by atoms with Crippen LogP contribution in [0, 0.1) is 0 Å². The summed E-state index contributed by atoms with van der Waals surface area (Å²) in [5.74, 6) is 1.15. The first-order valence-electron chi connectivity index (χ1n) is 6.85. The van der Waals surface area contributed by atoms with Crippen molar-refractivity contribution in [1.82, 2.24) is 10.3 Å². The number of hydrogen-bond acceptors (Lipinski definition) is 4. The number of benzene rings is 1. The predicted molar refractivity (Wildman–Crippen MR) is 87.8 cm³/mol. The van der Waals surface area contributed by atoms with Crippen molar-refractivity contribution in [1.29, 1.82) is 0 Å². The molecule has 0 amide bonds. The lowest BCUT2D eigenvalue weighted by Gasteiger charge is -2.29. The van der Waals surface area contributed by atoms with E-state index in [-0.39, 0.29) is 0 Å². The molecule has 0 saturated carbocycles. The van der Waals surface area contributed by atoms with Crippen LogP contribution in [0.3, 0.4) is 0 Å². The maximum absolute atomic E-state index is 6.16. The number of fused-ring (bicyclic) bond motifs is 1. The topological polar surface area (TPSA) is 24.9 Å². The number of halogens is 1. The molecule has 0 bridgehead atoms. The monoisotopic (exact) mass is 324 g/mol. The molecule has 2 nitrogen and oxygen atoms in total. The lowest BCUT2D eigenvalue weighted by atomic mass is 10.0. The highest BCUT2D eigenvalue weighted by atomic mass is 35.5. The zero-order valence-electron chi connectivity index (χ0n) is 11.3. The molecule has 0 saturated heterocycles. The molecule has 0 aliphatic carbocycles. The average molecular weight is 325 g/mol. The molecule has 1 aromatic heterocycles. The molecule has 0 radical (unpaired) electrons. The van der Waals surface area contributed by atoms with E-state index in [1.165, 1.54) is 15.5 Å². The summed E-state index contributed by atoms with van der Waals surface area (Å²) in [6, 6.07) is 6.93. The van der Waals surface area contributed by atoms with E-state index in [9.17, 15) is 0 Å². The Morgan fingerprint density at radius 3 is 3.15 bits per heavy atom. The van der Waals surface area contributed by atoms with Crippen LogP contribution in [0.5, 0.6) is 0 Å². The molecular weight excluding hydrogens is 308 g/mol. The smallest absolute Gasteiger partial charge is 0.109 e. The maximum Gasteiger partial charge on any atom is 0.109 e. The van der Waals surface area contributed by atoms with E-state index in [4.69, 9.17) is 11.6 Å². The Labute approximate surface area is 133 Å². The van der Waals surface area contributed by atoms with Crippen molar-refractivity contribution >= 4 is 34.7 Å². The lowest BCUT2D eigenvalue weighted by Crippen LogP contribution is -2.28. The molecule has 1 aliphatic rings. The summed E-state index contributed by atoms with van der Waals surface area (Å²) in [6.45, 7) is 2.20. The third kappa shape index (κ3) is 3.03. The quantitative estimate of drug-likeness (QED) is 0.849. The summed E-state index contributed by atoms with van der Waals surface area (Å²) in [6.07, 6.45) is 4.07. The maximum atomic E-state index is 6.16. The van der Waals surface area contributed by atoms with Crippen molar-refractivity contribution in [2.24, 2.45) is 0 Å². The lowest BCUT2D eigenvalue weighted by molar-refractivity contribution is 0.420. The van der Waals surface area contributed by atoms with Crippen LogP contribution < -0.4 is 5.32 Å². The van der Waals surface area contributed by atoms with E-state index in [0.29, 0.717) is 12.1 Å². The molecule has 106 valence electrons. The van der Waals surface area contributed by atoms with Crippen LogP contribution in [0.25, 0.3) is 0 Å². The van der Waals surface area contributed by atoms with Crippen molar-refractivity contribution in [2.45, 2.75) is 36.7 Å². The van der Waals surface area contributed by atoms with Gasteiger partial charge >= 0.3 is 0 Å².